The van der Waals surface area contributed by atoms with Crippen molar-refractivity contribution in [2.24, 2.45) is 5.10 Å². The lowest BCUT2D eigenvalue weighted by atomic mass is 10.2. The molecule has 0 saturated carbocycles. The van der Waals surface area contributed by atoms with E-state index in [-0.39, 0.29) is 0 Å². The van der Waals surface area contributed by atoms with Gasteiger partial charge in [-0.25, -0.2) is 0 Å². The molecule has 0 bridgehead atoms. The van der Waals surface area contributed by atoms with Crippen LogP contribution in [0.3, 0.4) is 0 Å². The van der Waals surface area contributed by atoms with Gasteiger partial charge in [-0.05, 0) is 28.1 Å². The number of benzene rings is 1. The maximum absolute atomic E-state index is 5.72. The lowest BCUT2D eigenvalue weighted by Gasteiger charge is -1.97. The Bertz CT molecular complexity index is 282. The third-order valence-corrected chi connectivity index (χ3v) is 2.18. The number of nitrogens with one attached hydrogen (secondary N) is 1. The quantitative estimate of drug-likeness (QED) is 0.630. The molecule has 1 N–H and O–H groups in total. The standard InChI is InChI=1S/C8H8BrClN2/c1-11-12-8(9)6-2-4-7(10)5-3-6/h2-5,11H,1H3/b12-8-. The van der Waals surface area contributed by atoms with Crippen molar-refractivity contribution in [2.75, 3.05) is 7.05 Å². The Balaban J connectivity index is 2.89. The lowest BCUT2D eigenvalue weighted by Crippen LogP contribution is -1.99. The Morgan fingerprint density at radius 1 is 1.42 bits per heavy atom. The predicted molar refractivity (Wildman–Crippen MR) is 56.0 cm³/mol. The van der Waals surface area contributed by atoms with Crippen LogP contribution in [0.1, 0.15) is 5.56 Å². The molecule has 0 aliphatic rings. The van der Waals surface area contributed by atoms with Crippen LogP contribution in [0.5, 0.6) is 0 Å². The van der Waals surface area contributed by atoms with Crippen LogP contribution in [0.25, 0.3) is 0 Å². The Morgan fingerprint density at radius 3 is 2.50 bits per heavy atom. The van der Waals surface area contributed by atoms with Gasteiger partial charge in [-0.15, -0.1) is 0 Å². The zero-order chi connectivity index (χ0) is 8.97. The van der Waals surface area contributed by atoms with Gasteiger partial charge in [-0.3, -0.25) is 0 Å². The highest BCUT2D eigenvalue weighted by Crippen LogP contribution is 2.12. The molecule has 1 aromatic rings. The number of rotatable bonds is 2. The monoisotopic (exact) mass is 246 g/mol. The van der Waals surface area contributed by atoms with E-state index in [1.807, 2.05) is 24.3 Å². The van der Waals surface area contributed by atoms with E-state index in [0.717, 1.165) is 15.2 Å². The molecule has 4 heteroatoms. The first-order chi connectivity index (χ1) is 5.74. The Hall–Kier alpha value is -0.540. The minimum absolute atomic E-state index is 0.725. The van der Waals surface area contributed by atoms with E-state index in [1.165, 1.54) is 0 Å². The maximum Gasteiger partial charge on any atom is 0.133 e. The first-order valence-electron chi connectivity index (χ1n) is 3.40. The zero-order valence-electron chi connectivity index (χ0n) is 6.51. The summed E-state index contributed by atoms with van der Waals surface area (Å²) in [5, 5.41) is 4.69. The molecule has 0 unspecified atom stereocenters. The van der Waals surface area contributed by atoms with E-state index in [2.05, 4.69) is 26.5 Å². The summed E-state index contributed by atoms with van der Waals surface area (Å²) < 4.78 is 0.765. The van der Waals surface area contributed by atoms with Gasteiger partial charge < -0.3 is 5.43 Å². The van der Waals surface area contributed by atoms with Gasteiger partial charge in [0.25, 0.3) is 0 Å². The molecule has 0 amide bonds. The van der Waals surface area contributed by atoms with Crippen LogP contribution in [-0.4, -0.2) is 11.7 Å². The highest BCUT2D eigenvalue weighted by molar-refractivity contribution is 9.18. The predicted octanol–water partition coefficient (Wildman–Crippen LogP) is 2.62. The van der Waals surface area contributed by atoms with E-state index < -0.39 is 0 Å². The van der Waals surface area contributed by atoms with Gasteiger partial charge in [0.05, 0.1) is 0 Å². The molecule has 0 saturated heterocycles. The van der Waals surface area contributed by atoms with E-state index in [1.54, 1.807) is 7.05 Å². The lowest BCUT2D eigenvalue weighted by molar-refractivity contribution is 0.906. The van der Waals surface area contributed by atoms with E-state index in [4.69, 9.17) is 11.6 Å². The molecule has 1 aromatic carbocycles. The molecule has 12 heavy (non-hydrogen) atoms. The van der Waals surface area contributed by atoms with E-state index in [9.17, 15) is 0 Å². The fourth-order valence-corrected chi connectivity index (χ4v) is 1.32. The molecule has 64 valence electrons. The summed E-state index contributed by atoms with van der Waals surface area (Å²) in [4.78, 5) is 0. The van der Waals surface area contributed by atoms with Crippen molar-refractivity contribution in [1.29, 1.82) is 0 Å². The molecule has 0 fully saturated rings. The zero-order valence-corrected chi connectivity index (χ0v) is 8.85. The van der Waals surface area contributed by atoms with Crippen LogP contribution in [0.4, 0.5) is 0 Å². The second-order valence-electron chi connectivity index (χ2n) is 2.13. The second kappa shape index (κ2) is 4.48. The van der Waals surface area contributed by atoms with Crippen LogP contribution in [-0.2, 0) is 0 Å². The maximum atomic E-state index is 5.72. The Kier molecular flexibility index (Phi) is 3.56. The van der Waals surface area contributed by atoms with Gasteiger partial charge in [0.2, 0.25) is 0 Å². The first-order valence-corrected chi connectivity index (χ1v) is 4.57. The molecule has 0 heterocycles. The van der Waals surface area contributed by atoms with E-state index >= 15 is 0 Å². The van der Waals surface area contributed by atoms with Crippen LogP contribution >= 0.6 is 27.5 Å². The number of hydrazone groups is 1. The third kappa shape index (κ3) is 2.50. The van der Waals surface area contributed by atoms with Crippen molar-refractivity contribution in [3.05, 3.63) is 34.9 Å². The van der Waals surface area contributed by atoms with Gasteiger partial charge in [-0.1, -0.05) is 23.7 Å². The fourth-order valence-electron chi connectivity index (χ4n) is 0.750. The molecule has 0 aliphatic carbocycles. The smallest absolute Gasteiger partial charge is 0.133 e. The summed E-state index contributed by atoms with van der Waals surface area (Å²) in [5.74, 6) is 0. The SMILES string of the molecule is CN/N=C(\Br)c1ccc(Cl)cc1. The van der Waals surface area contributed by atoms with Crippen molar-refractivity contribution in [3.63, 3.8) is 0 Å². The van der Waals surface area contributed by atoms with Crippen LogP contribution in [0.2, 0.25) is 5.02 Å². The highest BCUT2D eigenvalue weighted by atomic mass is 79.9. The van der Waals surface area contributed by atoms with Crippen LogP contribution in [0.15, 0.2) is 29.4 Å². The minimum atomic E-state index is 0.725. The molecular formula is C8H8BrClN2. The van der Waals surface area contributed by atoms with Crippen LogP contribution in [0, 0.1) is 0 Å². The molecule has 2 nitrogen and oxygen atoms in total. The molecular weight excluding hydrogens is 239 g/mol. The normalized spacial score (nSPS) is 11.4. The fraction of sp³-hybridized carbons (Fsp3) is 0.125. The summed E-state index contributed by atoms with van der Waals surface area (Å²) in [7, 11) is 1.75. The van der Waals surface area contributed by atoms with Crippen molar-refractivity contribution >= 4 is 32.2 Å². The molecule has 0 aliphatic heterocycles. The molecule has 0 spiro atoms. The van der Waals surface area contributed by atoms with Gasteiger partial charge in [0, 0.05) is 17.6 Å². The summed E-state index contributed by atoms with van der Waals surface area (Å²) in [6, 6.07) is 7.44. The Labute approximate surface area is 84.7 Å². The van der Waals surface area contributed by atoms with Crippen LogP contribution < -0.4 is 5.43 Å². The van der Waals surface area contributed by atoms with Crippen molar-refractivity contribution in [1.82, 2.24) is 5.43 Å². The van der Waals surface area contributed by atoms with Crippen molar-refractivity contribution in [2.45, 2.75) is 0 Å². The number of nitrogens with zero attached hydrogens (tertiary/aromatic N) is 1. The summed E-state index contributed by atoms with van der Waals surface area (Å²) in [5.41, 5.74) is 3.68. The van der Waals surface area contributed by atoms with E-state index in [0.29, 0.717) is 0 Å². The molecule has 0 radical (unpaired) electrons. The second-order valence-corrected chi connectivity index (χ2v) is 3.32. The molecule has 0 atom stereocenters. The summed E-state index contributed by atoms with van der Waals surface area (Å²) >= 11 is 9.04. The summed E-state index contributed by atoms with van der Waals surface area (Å²) in [6.45, 7) is 0. The average Bonchev–Trinajstić information content (AvgIpc) is 2.06. The molecule has 0 aromatic heterocycles. The highest BCUT2D eigenvalue weighted by Gasteiger charge is 1.97. The minimum Gasteiger partial charge on any atom is -0.312 e. The van der Waals surface area contributed by atoms with Crippen molar-refractivity contribution in [3.8, 4) is 0 Å². The van der Waals surface area contributed by atoms with Gasteiger partial charge in [0.1, 0.15) is 4.62 Å². The average molecular weight is 248 g/mol. The summed E-state index contributed by atoms with van der Waals surface area (Å²) in [6.07, 6.45) is 0. The third-order valence-electron chi connectivity index (χ3n) is 1.29. The van der Waals surface area contributed by atoms with Gasteiger partial charge >= 0.3 is 0 Å². The molecule has 1 rings (SSSR count). The number of hydrogen-bond acceptors (Lipinski definition) is 2. The topological polar surface area (TPSA) is 24.4 Å². The van der Waals surface area contributed by atoms with Gasteiger partial charge in [-0.2, -0.15) is 5.10 Å². The Morgan fingerprint density at radius 2 is 2.00 bits per heavy atom. The first kappa shape index (κ1) is 9.55. The number of hydrogen-bond donors (Lipinski definition) is 1. The van der Waals surface area contributed by atoms with Gasteiger partial charge in [0.15, 0.2) is 0 Å². The largest absolute Gasteiger partial charge is 0.312 e. The van der Waals surface area contributed by atoms with Crippen molar-refractivity contribution < 1.29 is 0 Å². The number of halogens is 2.